The summed E-state index contributed by atoms with van der Waals surface area (Å²) in [4.78, 5) is 40.0. The fourth-order valence-corrected chi connectivity index (χ4v) is 4.66. The molecule has 0 radical (unpaired) electrons. The van der Waals surface area contributed by atoms with E-state index in [9.17, 15) is 14.4 Å². The van der Waals surface area contributed by atoms with Gasteiger partial charge in [0.2, 0.25) is 0 Å². The summed E-state index contributed by atoms with van der Waals surface area (Å²) in [6, 6.07) is 11.2. The Morgan fingerprint density at radius 3 is 2.67 bits per heavy atom. The van der Waals surface area contributed by atoms with Gasteiger partial charge < -0.3 is 20.1 Å². The number of esters is 1. The lowest BCUT2D eigenvalue weighted by Crippen LogP contribution is -2.46. The SMILES string of the molecule is COc1cccc(CNC(=O)c2cc(C3=NNN(CC4CCC(NC(=O)COC(C)=O)CC4)N3)cc(C)n2)c1. The van der Waals surface area contributed by atoms with Crippen LogP contribution in [0.15, 0.2) is 41.5 Å². The molecule has 1 aromatic carbocycles. The molecule has 12 heteroatoms. The van der Waals surface area contributed by atoms with Crippen LogP contribution in [0.3, 0.4) is 0 Å². The number of rotatable bonds is 10. The molecule has 0 unspecified atom stereocenters. The van der Waals surface area contributed by atoms with Gasteiger partial charge in [0.25, 0.3) is 11.8 Å². The molecular weight excluding hydrogens is 502 g/mol. The molecule has 1 aliphatic heterocycles. The van der Waals surface area contributed by atoms with Crippen molar-refractivity contribution in [1.29, 1.82) is 0 Å². The third kappa shape index (κ3) is 8.14. The minimum atomic E-state index is -0.466. The fraction of sp³-hybridized carbons (Fsp3) is 0.444. The summed E-state index contributed by atoms with van der Waals surface area (Å²) in [5, 5.41) is 12.1. The molecule has 12 nitrogen and oxygen atoms in total. The minimum Gasteiger partial charge on any atom is -0.497 e. The van der Waals surface area contributed by atoms with Crippen LogP contribution in [0.4, 0.5) is 0 Å². The molecule has 2 amide bonds. The quantitative estimate of drug-likeness (QED) is 0.332. The molecule has 0 bridgehead atoms. The highest BCUT2D eigenvalue weighted by atomic mass is 16.5. The Morgan fingerprint density at radius 2 is 1.92 bits per heavy atom. The highest BCUT2D eigenvalue weighted by Crippen LogP contribution is 2.25. The summed E-state index contributed by atoms with van der Waals surface area (Å²) < 4.78 is 9.99. The molecule has 39 heavy (non-hydrogen) atoms. The number of hydrogen-bond acceptors (Lipinski definition) is 10. The van der Waals surface area contributed by atoms with E-state index in [-0.39, 0.29) is 24.5 Å². The number of nitrogens with zero attached hydrogens (tertiary/aromatic N) is 3. The zero-order valence-corrected chi connectivity index (χ0v) is 22.5. The van der Waals surface area contributed by atoms with Gasteiger partial charge in [0.05, 0.1) is 7.11 Å². The second kappa shape index (κ2) is 13.1. The normalized spacial score (nSPS) is 18.8. The van der Waals surface area contributed by atoms with E-state index in [1.807, 2.05) is 42.4 Å². The number of hydrazine groups is 2. The molecule has 0 spiro atoms. The molecule has 2 heterocycles. The number of hydrogen-bond donors (Lipinski definition) is 4. The number of carbonyl (C=O) groups excluding carboxylic acids is 3. The van der Waals surface area contributed by atoms with Crippen LogP contribution in [0.25, 0.3) is 0 Å². The smallest absolute Gasteiger partial charge is 0.303 e. The Morgan fingerprint density at radius 1 is 1.13 bits per heavy atom. The van der Waals surface area contributed by atoms with Gasteiger partial charge in [-0.2, -0.15) is 0 Å². The average molecular weight is 538 g/mol. The second-order valence-electron chi connectivity index (χ2n) is 9.76. The topological polar surface area (TPSA) is 146 Å². The lowest BCUT2D eigenvalue weighted by Gasteiger charge is -2.31. The Hall–Kier alpha value is -4.19. The number of aryl methyl sites for hydroxylation is 1. The third-order valence-electron chi connectivity index (χ3n) is 6.63. The number of methoxy groups -OCH3 is 1. The van der Waals surface area contributed by atoms with Gasteiger partial charge in [-0.1, -0.05) is 12.1 Å². The Kier molecular flexibility index (Phi) is 9.31. The molecule has 0 saturated heterocycles. The Bertz CT molecular complexity index is 1230. The second-order valence-corrected chi connectivity index (χ2v) is 9.76. The van der Waals surface area contributed by atoms with Crippen molar-refractivity contribution in [3.05, 3.63) is 58.9 Å². The molecule has 1 saturated carbocycles. The zero-order chi connectivity index (χ0) is 27.8. The lowest BCUT2D eigenvalue weighted by molar-refractivity contribution is -0.146. The van der Waals surface area contributed by atoms with Gasteiger partial charge in [-0.3, -0.25) is 19.8 Å². The molecule has 208 valence electrons. The molecule has 2 aliphatic rings. The van der Waals surface area contributed by atoms with Gasteiger partial charge >= 0.3 is 5.97 Å². The first-order chi connectivity index (χ1) is 18.8. The summed E-state index contributed by atoms with van der Waals surface area (Å²) in [5.74, 6) is 0.744. The van der Waals surface area contributed by atoms with E-state index >= 15 is 0 Å². The number of aromatic nitrogens is 1. The van der Waals surface area contributed by atoms with Crippen LogP contribution < -0.4 is 26.3 Å². The first-order valence-corrected chi connectivity index (χ1v) is 13.0. The maximum absolute atomic E-state index is 12.8. The number of amidine groups is 1. The average Bonchev–Trinajstić information content (AvgIpc) is 3.40. The van der Waals surface area contributed by atoms with Gasteiger partial charge in [0.1, 0.15) is 11.4 Å². The van der Waals surface area contributed by atoms with E-state index in [2.05, 4.69) is 31.7 Å². The predicted octanol–water partition coefficient (Wildman–Crippen LogP) is 1.55. The van der Waals surface area contributed by atoms with E-state index in [1.54, 1.807) is 13.2 Å². The van der Waals surface area contributed by atoms with E-state index in [1.165, 1.54) is 6.92 Å². The van der Waals surface area contributed by atoms with E-state index < -0.39 is 5.97 Å². The molecule has 4 N–H and O–H groups in total. The summed E-state index contributed by atoms with van der Waals surface area (Å²) in [6.45, 7) is 3.96. The third-order valence-corrected chi connectivity index (χ3v) is 6.63. The first kappa shape index (κ1) is 27.8. The van der Waals surface area contributed by atoms with Gasteiger partial charge in [-0.05, 0) is 68.4 Å². The molecule has 1 fully saturated rings. The maximum atomic E-state index is 12.8. The monoisotopic (exact) mass is 537 g/mol. The standard InChI is InChI=1S/C27H35N7O5/c1-17-11-21(13-24(29-17)27(37)28-14-20-5-4-6-23(12-20)38-3)26-31-33-34(32-26)15-19-7-9-22(10-8-19)30-25(36)16-39-18(2)35/h4-6,11-13,19,22,33H,7-10,14-16H2,1-3H3,(H,28,37)(H,30,36)(H,31,32). The van der Waals surface area contributed by atoms with Crippen LogP contribution in [0.1, 0.15) is 59.9 Å². The van der Waals surface area contributed by atoms with E-state index in [0.29, 0.717) is 29.7 Å². The number of amides is 2. The van der Waals surface area contributed by atoms with Gasteiger partial charge in [-0.25, -0.2) is 10.5 Å². The van der Waals surface area contributed by atoms with Gasteiger partial charge in [0.15, 0.2) is 12.4 Å². The Labute approximate surface area is 227 Å². The molecule has 1 aliphatic carbocycles. The van der Waals surface area contributed by atoms with Crippen molar-refractivity contribution in [3.8, 4) is 5.75 Å². The van der Waals surface area contributed by atoms with Crippen molar-refractivity contribution < 1.29 is 23.9 Å². The number of carbonyl (C=O) groups is 3. The van der Waals surface area contributed by atoms with Crippen LogP contribution >= 0.6 is 0 Å². The minimum absolute atomic E-state index is 0.0869. The van der Waals surface area contributed by atoms with Crippen molar-refractivity contribution in [2.24, 2.45) is 11.0 Å². The summed E-state index contributed by atoms with van der Waals surface area (Å²) >= 11 is 0. The summed E-state index contributed by atoms with van der Waals surface area (Å²) in [5.41, 5.74) is 8.97. The predicted molar refractivity (Wildman–Crippen MR) is 143 cm³/mol. The largest absolute Gasteiger partial charge is 0.497 e. The number of ether oxygens (including phenoxy) is 2. The van der Waals surface area contributed by atoms with E-state index in [0.717, 1.165) is 49.1 Å². The zero-order valence-electron chi connectivity index (χ0n) is 22.5. The van der Waals surface area contributed by atoms with Crippen LogP contribution in [-0.4, -0.2) is 60.0 Å². The van der Waals surface area contributed by atoms with Gasteiger partial charge in [-0.15, -0.1) is 10.2 Å². The highest BCUT2D eigenvalue weighted by Gasteiger charge is 2.26. The van der Waals surface area contributed by atoms with E-state index in [4.69, 9.17) is 9.47 Å². The summed E-state index contributed by atoms with van der Waals surface area (Å²) in [6.07, 6.45) is 3.60. The van der Waals surface area contributed by atoms with Crippen LogP contribution in [-0.2, 0) is 20.9 Å². The number of nitrogens with one attached hydrogen (secondary N) is 4. The number of benzene rings is 1. The van der Waals surface area contributed by atoms with Crippen molar-refractivity contribution in [1.82, 2.24) is 31.7 Å². The molecule has 0 atom stereocenters. The van der Waals surface area contributed by atoms with Crippen LogP contribution in [0.2, 0.25) is 0 Å². The molecule has 1 aromatic heterocycles. The molecule has 2 aromatic rings. The number of pyridine rings is 1. The van der Waals surface area contributed by atoms with Crippen molar-refractivity contribution in [2.75, 3.05) is 20.3 Å². The van der Waals surface area contributed by atoms with Crippen LogP contribution in [0.5, 0.6) is 5.75 Å². The molecule has 4 rings (SSSR count). The fourth-order valence-electron chi connectivity index (χ4n) is 4.66. The number of hydrazone groups is 1. The van der Waals surface area contributed by atoms with Crippen molar-refractivity contribution in [3.63, 3.8) is 0 Å². The Balaban J connectivity index is 1.25. The van der Waals surface area contributed by atoms with Gasteiger partial charge in [0, 0.05) is 37.3 Å². The highest BCUT2D eigenvalue weighted by molar-refractivity contribution is 6.01. The van der Waals surface area contributed by atoms with Crippen LogP contribution in [0, 0.1) is 12.8 Å². The summed E-state index contributed by atoms with van der Waals surface area (Å²) in [7, 11) is 1.61. The van der Waals surface area contributed by atoms with Crippen molar-refractivity contribution >= 4 is 23.6 Å². The maximum Gasteiger partial charge on any atom is 0.303 e. The lowest BCUT2D eigenvalue weighted by atomic mass is 9.86. The molecular formula is C27H35N7O5. The van der Waals surface area contributed by atoms with Crippen molar-refractivity contribution in [2.45, 2.75) is 52.1 Å². The first-order valence-electron chi connectivity index (χ1n) is 13.0.